The number of amides is 1. The first-order valence-corrected chi connectivity index (χ1v) is 7.70. The summed E-state index contributed by atoms with van der Waals surface area (Å²) in [6.07, 6.45) is 3.70. The number of nitrogens with zero attached hydrogens (tertiary/aromatic N) is 1. The minimum Gasteiger partial charge on any atom is -0.396 e. The molecule has 1 amide bonds. The maximum atomic E-state index is 12.8. The van der Waals surface area contributed by atoms with Crippen molar-refractivity contribution in [3.63, 3.8) is 0 Å². The lowest BCUT2D eigenvalue weighted by Gasteiger charge is -2.23. The number of aliphatic hydroxyl groups is 1. The number of rotatable bonds is 4. The van der Waals surface area contributed by atoms with Crippen molar-refractivity contribution in [1.82, 2.24) is 4.90 Å². The molecule has 4 heteroatoms. The van der Waals surface area contributed by atoms with Crippen LogP contribution in [0.4, 0.5) is 0 Å². The quantitative estimate of drug-likeness (QED) is 0.927. The van der Waals surface area contributed by atoms with Gasteiger partial charge in [-0.2, -0.15) is 0 Å². The molecule has 0 aromatic heterocycles. The summed E-state index contributed by atoms with van der Waals surface area (Å²) < 4.78 is 0. The molecule has 1 aromatic rings. The van der Waals surface area contributed by atoms with E-state index in [0.717, 1.165) is 44.3 Å². The Morgan fingerprint density at radius 3 is 2.65 bits per heavy atom. The first-order chi connectivity index (χ1) is 9.65. The van der Waals surface area contributed by atoms with Crippen LogP contribution in [0.2, 0.25) is 5.02 Å². The van der Waals surface area contributed by atoms with Gasteiger partial charge in [0.1, 0.15) is 0 Å². The summed E-state index contributed by atoms with van der Waals surface area (Å²) >= 11 is 5.92. The monoisotopic (exact) mass is 293 g/mol. The van der Waals surface area contributed by atoms with Crippen molar-refractivity contribution in [2.75, 3.05) is 19.7 Å². The van der Waals surface area contributed by atoms with Gasteiger partial charge >= 0.3 is 0 Å². The average Bonchev–Trinajstić information content (AvgIpc) is 3.13. The smallest absolute Gasteiger partial charge is 0.233 e. The standard InChI is InChI=1S/C16H20ClNO2/c17-14-3-1-13(2-4-14)16(7-8-16)15(20)18-9-5-12(11-18)6-10-19/h1-4,12,19H,5-11H2. The minimum absolute atomic E-state index is 0.217. The Morgan fingerprint density at radius 2 is 2.05 bits per heavy atom. The second-order valence-electron chi connectivity index (χ2n) is 6.01. The molecule has 2 fully saturated rings. The SMILES string of the molecule is O=C(N1CCC(CCO)C1)C1(c2ccc(Cl)cc2)CC1. The highest BCUT2D eigenvalue weighted by Crippen LogP contribution is 2.50. The van der Waals surface area contributed by atoms with E-state index in [1.165, 1.54) is 0 Å². The van der Waals surface area contributed by atoms with Crippen LogP contribution in [0.15, 0.2) is 24.3 Å². The predicted octanol–water partition coefficient (Wildman–Crippen LogP) is 2.60. The molecule has 1 aromatic carbocycles. The number of hydrogen-bond acceptors (Lipinski definition) is 2. The normalized spacial score (nSPS) is 23.9. The molecule has 1 aliphatic heterocycles. The Kier molecular flexibility index (Phi) is 3.74. The molecule has 0 bridgehead atoms. The van der Waals surface area contributed by atoms with Crippen molar-refractivity contribution < 1.29 is 9.90 Å². The molecular formula is C16H20ClNO2. The molecule has 1 N–H and O–H groups in total. The van der Waals surface area contributed by atoms with E-state index < -0.39 is 0 Å². The Bertz CT molecular complexity index is 496. The number of hydrogen-bond donors (Lipinski definition) is 1. The molecule has 1 heterocycles. The molecule has 3 nitrogen and oxygen atoms in total. The van der Waals surface area contributed by atoms with Crippen LogP contribution in [0.1, 0.15) is 31.2 Å². The molecule has 2 aliphatic rings. The summed E-state index contributed by atoms with van der Waals surface area (Å²) in [5, 5.41) is 9.72. The molecular weight excluding hydrogens is 274 g/mol. The highest BCUT2D eigenvalue weighted by molar-refractivity contribution is 6.30. The van der Waals surface area contributed by atoms with Crippen molar-refractivity contribution >= 4 is 17.5 Å². The van der Waals surface area contributed by atoms with Gasteiger partial charge in [-0.05, 0) is 49.3 Å². The van der Waals surface area contributed by atoms with Crippen LogP contribution in [0, 0.1) is 5.92 Å². The predicted molar refractivity (Wildman–Crippen MR) is 78.8 cm³/mol. The van der Waals surface area contributed by atoms with Crippen molar-refractivity contribution in [1.29, 1.82) is 0 Å². The largest absolute Gasteiger partial charge is 0.396 e. The Hall–Kier alpha value is -1.06. The van der Waals surface area contributed by atoms with Crippen LogP contribution in [0.3, 0.4) is 0 Å². The van der Waals surface area contributed by atoms with Crippen LogP contribution in [-0.4, -0.2) is 35.6 Å². The van der Waals surface area contributed by atoms with Crippen LogP contribution in [0.5, 0.6) is 0 Å². The van der Waals surface area contributed by atoms with Gasteiger partial charge in [-0.15, -0.1) is 0 Å². The zero-order chi connectivity index (χ0) is 14.2. The molecule has 1 aliphatic carbocycles. The first-order valence-electron chi connectivity index (χ1n) is 7.32. The van der Waals surface area contributed by atoms with E-state index in [1.54, 1.807) is 0 Å². The van der Waals surface area contributed by atoms with Crippen LogP contribution >= 0.6 is 11.6 Å². The first kappa shape index (κ1) is 13.9. The van der Waals surface area contributed by atoms with Gasteiger partial charge in [-0.25, -0.2) is 0 Å². The van der Waals surface area contributed by atoms with E-state index in [9.17, 15) is 4.79 Å². The van der Waals surface area contributed by atoms with Gasteiger partial charge in [0.2, 0.25) is 5.91 Å². The van der Waals surface area contributed by atoms with Gasteiger partial charge in [-0.1, -0.05) is 23.7 Å². The lowest BCUT2D eigenvalue weighted by atomic mass is 9.94. The third-order valence-electron chi connectivity index (χ3n) is 4.67. The van der Waals surface area contributed by atoms with Crippen LogP contribution < -0.4 is 0 Å². The fourth-order valence-electron chi connectivity index (χ4n) is 3.26. The minimum atomic E-state index is -0.293. The molecule has 1 saturated carbocycles. The van der Waals surface area contributed by atoms with Crippen molar-refractivity contribution in [2.45, 2.75) is 31.1 Å². The van der Waals surface area contributed by atoms with E-state index in [1.807, 2.05) is 29.2 Å². The summed E-state index contributed by atoms with van der Waals surface area (Å²) in [6.45, 7) is 1.85. The van der Waals surface area contributed by atoms with E-state index in [0.29, 0.717) is 10.9 Å². The molecule has 0 spiro atoms. The second kappa shape index (κ2) is 5.38. The van der Waals surface area contributed by atoms with Gasteiger partial charge in [0.05, 0.1) is 5.41 Å². The van der Waals surface area contributed by atoms with Gasteiger partial charge in [0, 0.05) is 24.7 Å². The van der Waals surface area contributed by atoms with Crippen LogP contribution in [-0.2, 0) is 10.2 Å². The highest BCUT2D eigenvalue weighted by atomic mass is 35.5. The molecule has 1 unspecified atom stereocenters. The molecule has 3 rings (SSSR count). The second-order valence-corrected chi connectivity index (χ2v) is 6.44. The van der Waals surface area contributed by atoms with Crippen molar-refractivity contribution in [2.24, 2.45) is 5.92 Å². The molecule has 1 saturated heterocycles. The van der Waals surface area contributed by atoms with E-state index in [4.69, 9.17) is 16.7 Å². The maximum absolute atomic E-state index is 12.8. The van der Waals surface area contributed by atoms with Crippen molar-refractivity contribution in [3.8, 4) is 0 Å². The summed E-state index contributed by atoms with van der Waals surface area (Å²) in [5.74, 6) is 0.727. The molecule has 20 heavy (non-hydrogen) atoms. The highest BCUT2D eigenvalue weighted by Gasteiger charge is 2.53. The van der Waals surface area contributed by atoms with Crippen molar-refractivity contribution in [3.05, 3.63) is 34.9 Å². The zero-order valence-electron chi connectivity index (χ0n) is 11.5. The number of carbonyl (C=O) groups excluding carboxylic acids is 1. The van der Waals surface area contributed by atoms with Crippen LogP contribution in [0.25, 0.3) is 0 Å². The van der Waals surface area contributed by atoms with E-state index in [-0.39, 0.29) is 17.9 Å². The summed E-state index contributed by atoms with van der Waals surface area (Å²) in [7, 11) is 0. The lowest BCUT2D eigenvalue weighted by molar-refractivity contribution is -0.133. The third kappa shape index (κ3) is 2.45. The fourth-order valence-corrected chi connectivity index (χ4v) is 3.38. The van der Waals surface area contributed by atoms with E-state index >= 15 is 0 Å². The molecule has 0 radical (unpaired) electrons. The maximum Gasteiger partial charge on any atom is 0.233 e. The Labute approximate surface area is 124 Å². The van der Waals surface area contributed by atoms with E-state index in [2.05, 4.69) is 0 Å². The Morgan fingerprint density at radius 1 is 1.35 bits per heavy atom. The Balaban J connectivity index is 1.72. The average molecular weight is 294 g/mol. The molecule has 1 atom stereocenters. The van der Waals surface area contributed by atoms with Gasteiger partial charge in [-0.3, -0.25) is 4.79 Å². The summed E-state index contributed by atoms with van der Waals surface area (Å²) in [4.78, 5) is 14.8. The summed E-state index contributed by atoms with van der Waals surface area (Å²) in [5.41, 5.74) is 0.802. The number of carbonyl (C=O) groups is 1. The number of benzene rings is 1. The zero-order valence-corrected chi connectivity index (χ0v) is 12.3. The number of likely N-dealkylation sites (tertiary alicyclic amines) is 1. The van der Waals surface area contributed by atoms with Gasteiger partial charge in [0.25, 0.3) is 0 Å². The number of halogens is 1. The summed E-state index contributed by atoms with van der Waals surface area (Å²) in [6, 6.07) is 7.69. The topological polar surface area (TPSA) is 40.5 Å². The fraction of sp³-hybridized carbons (Fsp3) is 0.562. The lowest BCUT2D eigenvalue weighted by Crippen LogP contribution is -2.37. The van der Waals surface area contributed by atoms with Gasteiger partial charge < -0.3 is 10.0 Å². The third-order valence-corrected chi connectivity index (χ3v) is 4.92. The number of aliphatic hydroxyl groups excluding tert-OH is 1. The molecule has 108 valence electrons. The van der Waals surface area contributed by atoms with Gasteiger partial charge in [0.15, 0.2) is 0 Å².